The van der Waals surface area contributed by atoms with Gasteiger partial charge in [-0.05, 0) is 48.6 Å². The van der Waals surface area contributed by atoms with Gasteiger partial charge in [-0.15, -0.1) is 0 Å². The third kappa shape index (κ3) is 5.68. The van der Waals surface area contributed by atoms with Crippen LogP contribution in [0.2, 0.25) is 0 Å². The van der Waals surface area contributed by atoms with E-state index >= 15 is 0 Å². The molecule has 2 fully saturated rings. The fourth-order valence-corrected chi connectivity index (χ4v) is 5.60. The lowest BCUT2D eigenvalue weighted by molar-refractivity contribution is -0.142. The van der Waals surface area contributed by atoms with Gasteiger partial charge in [0.15, 0.2) is 0 Å². The van der Waals surface area contributed by atoms with E-state index < -0.39 is 6.04 Å². The molecule has 1 saturated heterocycles. The number of rotatable bonds is 6. The average molecular weight is 426 g/mol. The second kappa shape index (κ2) is 10.2. The van der Waals surface area contributed by atoms with Gasteiger partial charge in [-0.3, -0.25) is 9.59 Å². The molecular weight excluding hydrogens is 386 g/mol. The van der Waals surface area contributed by atoms with Gasteiger partial charge >= 0.3 is 0 Å². The second-order valence-electron chi connectivity index (χ2n) is 10.3. The molecule has 3 aliphatic rings. The summed E-state index contributed by atoms with van der Waals surface area (Å²) in [6.07, 6.45) is 8.71. The summed E-state index contributed by atoms with van der Waals surface area (Å²) in [7, 11) is 0. The lowest BCUT2D eigenvalue weighted by Crippen LogP contribution is -2.55. The molecule has 2 aliphatic heterocycles. The zero-order chi connectivity index (χ0) is 21.8. The highest BCUT2D eigenvalue weighted by atomic mass is 16.2. The minimum Gasteiger partial charge on any atom is -0.351 e. The van der Waals surface area contributed by atoms with Crippen LogP contribution in [0, 0.1) is 11.8 Å². The van der Waals surface area contributed by atoms with Crippen LogP contribution in [-0.2, 0) is 22.6 Å². The molecule has 1 aromatic carbocycles. The van der Waals surface area contributed by atoms with E-state index in [1.54, 1.807) is 0 Å². The Hall–Kier alpha value is -1.88. The standard InChI is InChI=1S/C26H39N3O2/c1-19(2)15-25(30)29-18-22-10-6-5-9-21(22)16-24(29)26(31)27-23-11-13-28(14-12-23)17-20-7-3-4-8-20/h5-6,9-10,19-20,23-24H,3-4,7-8,11-18H2,1-2H3,(H,27,31). The van der Waals surface area contributed by atoms with E-state index in [1.807, 2.05) is 17.0 Å². The van der Waals surface area contributed by atoms with E-state index in [2.05, 4.69) is 36.2 Å². The molecule has 2 heterocycles. The van der Waals surface area contributed by atoms with Crippen LogP contribution in [0.4, 0.5) is 0 Å². The molecule has 2 amide bonds. The number of hydrogen-bond donors (Lipinski definition) is 1. The van der Waals surface area contributed by atoms with Crippen molar-refractivity contribution in [2.24, 2.45) is 11.8 Å². The number of nitrogens with zero attached hydrogens (tertiary/aromatic N) is 2. The van der Waals surface area contributed by atoms with E-state index in [0.717, 1.165) is 31.8 Å². The number of carbonyl (C=O) groups is 2. The number of likely N-dealkylation sites (tertiary alicyclic amines) is 1. The Bertz CT molecular complexity index is 764. The van der Waals surface area contributed by atoms with Crippen LogP contribution in [0.25, 0.3) is 0 Å². The average Bonchev–Trinajstić information content (AvgIpc) is 3.26. The summed E-state index contributed by atoms with van der Waals surface area (Å²) in [6, 6.07) is 8.06. The second-order valence-corrected chi connectivity index (χ2v) is 10.3. The van der Waals surface area contributed by atoms with E-state index in [1.165, 1.54) is 43.4 Å². The highest BCUT2D eigenvalue weighted by Gasteiger charge is 2.35. The van der Waals surface area contributed by atoms with Crippen molar-refractivity contribution in [2.45, 2.75) is 83.8 Å². The lowest BCUT2D eigenvalue weighted by Gasteiger charge is -2.38. The highest BCUT2D eigenvalue weighted by molar-refractivity contribution is 5.88. The number of benzene rings is 1. The molecule has 4 rings (SSSR count). The molecule has 0 bridgehead atoms. The molecule has 1 aliphatic carbocycles. The predicted molar refractivity (Wildman–Crippen MR) is 124 cm³/mol. The molecule has 1 aromatic rings. The van der Waals surface area contributed by atoms with Gasteiger partial charge in [-0.2, -0.15) is 0 Å². The molecular formula is C26H39N3O2. The first-order valence-corrected chi connectivity index (χ1v) is 12.4. The van der Waals surface area contributed by atoms with Crippen LogP contribution < -0.4 is 5.32 Å². The van der Waals surface area contributed by atoms with Crippen LogP contribution in [-0.4, -0.2) is 53.3 Å². The topological polar surface area (TPSA) is 52.7 Å². The van der Waals surface area contributed by atoms with Gasteiger partial charge in [0, 0.05) is 45.1 Å². The molecule has 1 saturated carbocycles. The maximum atomic E-state index is 13.3. The molecule has 5 heteroatoms. The fourth-order valence-electron chi connectivity index (χ4n) is 5.60. The van der Waals surface area contributed by atoms with Crippen LogP contribution >= 0.6 is 0 Å². The van der Waals surface area contributed by atoms with Gasteiger partial charge in [-0.25, -0.2) is 0 Å². The number of amides is 2. The van der Waals surface area contributed by atoms with Crippen molar-refractivity contribution in [1.29, 1.82) is 0 Å². The smallest absolute Gasteiger partial charge is 0.243 e. The molecule has 1 N–H and O–H groups in total. The quantitative estimate of drug-likeness (QED) is 0.755. The van der Waals surface area contributed by atoms with Crippen molar-refractivity contribution >= 4 is 11.8 Å². The van der Waals surface area contributed by atoms with E-state index in [4.69, 9.17) is 0 Å². The Kier molecular flexibility index (Phi) is 7.31. The monoisotopic (exact) mass is 425 g/mol. The first-order chi connectivity index (χ1) is 15.0. The summed E-state index contributed by atoms with van der Waals surface area (Å²) >= 11 is 0. The summed E-state index contributed by atoms with van der Waals surface area (Å²) < 4.78 is 0. The first kappa shape index (κ1) is 22.3. The third-order valence-corrected chi connectivity index (χ3v) is 7.38. The first-order valence-electron chi connectivity index (χ1n) is 12.4. The van der Waals surface area contributed by atoms with Crippen LogP contribution in [0.15, 0.2) is 24.3 Å². The molecule has 1 unspecified atom stereocenters. The molecule has 1 atom stereocenters. The third-order valence-electron chi connectivity index (χ3n) is 7.38. The molecule has 5 nitrogen and oxygen atoms in total. The van der Waals surface area contributed by atoms with E-state index in [-0.39, 0.29) is 23.8 Å². The normalized spacial score (nSPS) is 23.2. The summed E-state index contributed by atoms with van der Waals surface area (Å²) in [5.74, 6) is 1.29. The largest absolute Gasteiger partial charge is 0.351 e. The van der Waals surface area contributed by atoms with Crippen molar-refractivity contribution < 1.29 is 9.59 Å². The number of carbonyl (C=O) groups excluding carboxylic acids is 2. The molecule has 31 heavy (non-hydrogen) atoms. The number of nitrogens with one attached hydrogen (secondary N) is 1. The number of hydrogen-bond acceptors (Lipinski definition) is 3. The molecule has 0 spiro atoms. The lowest BCUT2D eigenvalue weighted by atomic mass is 9.92. The number of fused-ring (bicyclic) bond motifs is 1. The van der Waals surface area contributed by atoms with Crippen molar-refractivity contribution in [2.75, 3.05) is 19.6 Å². The summed E-state index contributed by atoms with van der Waals surface area (Å²) in [4.78, 5) is 30.7. The Morgan fingerprint density at radius 1 is 1.03 bits per heavy atom. The predicted octanol–water partition coefficient (Wildman–Crippen LogP) is 3.76. The fraction of sp³-hybridized carbons (Fsp3) is 0.692. The van der Waals surface area contributed by atoms with Crippen LogP contribution in [0.5, 0.6) is 0 Å². The molecule has 0 aromatic heterocycles. The van der Waals surface area contributed by atoms with Gasteiger partial charge in [0.2, 0.25) is 11.8 Å². The van der Waals surface area contributed by atoms with Gasteiger partial charge in [0.05, 0.1) is 0 Å². The molecule has 0 radical (unpaired) electrons. The van der Waals surface area contributed by atoms with Crippen molar-refractivity contribution in [3.8, 4) is 0 Å². The Morgan fingerprint density at radius 3 is 2.39 bits per heavy atom. The van der Waals surface area contributed by atoms with E-state index in [9.17, 15) is 9.59 Å². The SMILES string of the molecule is CC(C)CC(=O)N1Cc2ccccc2CC1C(=O)NC1CCN(CC2CCCC2)CC1. The summed E-state index contributed by atoms with van der Waals surface area (Å²) in [5.41, 5.74) is 2.37. The molecule has 170 valence electrons. The number of piperidine rings is 1. The van der Waals surface area contributed by atoms with Crippen molar-refractivity contribution in [3.05, 3.63) is 35.4 Å². The highest BCUT2D eigenvalue weighted by Crippen LogP contribution is 2.27. The maximum Gasteiger partial charge on any atom is 0.243 e. The summed E-state index contributed by atoms with van der Waals surface area (Å²) in [5, 5.41) is 3.31. The van der Waals surface area contributed by atoms with Gasteiger partial charge in [0.1, 0.15) is 6.04 Å². The van der Waals surface area contributed by atoms with Gasteiger partial charge in [-0.1, -0.05) is 51.0 Å². The van der Waals surface area contributed by atoms with Crippen molar-refractivity contribution in [1.82, 2.24) is 15.1 Å². The minimum atomic E-state index is -0.391. The zero-order valence-corrected chi connectivity index (χ0v) is 19.3. The van der Waals surface area contributed by atoms with Gasteiger partial charge in [0.25, 0.3) is 0 Å². The Labute approximate surface area is 187 Å². The van der Waals surface area contributed by atoms with Crippen molar-refractivity contribution in [3.63, 3.8) is 0 Å². The van der Waals surface area contributed by atoms with E-state index in [0.29, 0.717) is 19.4 Å². The summed E-state index contributed by atoms with van der Waals surface area (Å²) in [6.45, 7) is 8.04. The van der Waals surface area contributed by atoms with Crippen LogP contribution in [0.3, 0.4) is 0 Å². The maximum absolute atomic E-state index is 13.3. The Balaban J connectivity index is 1.36. The zero-order valence-electron chi connectivity index (χ0n) is 19.3. The minimum absolute atomic E-state index is 0.0286. The van der Waals surface area contributed by atoms with Gasteiger partial charge < -0.3 is 15.1 Å². The Morgan fingerprint density at radius 2 is 1.71 bits per heavy atom. The van der Waals surface area contributed by atoms with Crippen LogP contribution in [0.1, 0.15) is 69.9 Å².